The molecule has 5 nitrogen and oxygen atoms in total. The summed E-state index contributed by atoms with van der Waals surface area (Å²) in [5, 5.41) is 8.53. The molecular formula is C9H17NO4. The Morgan fingerprint density at radius 1 is 1.50 bits per heavy atom. The van der Waals surface area contributed by atoms with Crippen molar-refractivity contribution < 1.29 is 19.4 Å². The first-order valence-electron chi connectivity index (χ1n) is 4.67. The van der Waals surface area contributed by atoms with Crippen molar-refractivity contribution in [3.05, 3.63) is 0 Å². The van der Waals surface area contributed by atoms with Crippen molar-refractivity contribution in [2.75, 3.05) is 0 Å². The van der Waals surface area contributed by atoms with Gasteiger partial charge in [-0.2, -0.15) is 0 Å². The second kappa shape index (κ2) is 6.37. The molecule has 5 heteroatoms. The Morgan fingerprint density at radius 2 is 2.07 bits per heavy atom. The smallest absolute Gasteiger partial charge is 0.324 e. The number of carbonyl (C=O) groups is 2. The molecule has 0 fully saturated rings. The first kappa shape index (κ1) is 12.9. The van der Waals surface area contributed by atoms with E-state index in [9.17, 15) is 9.59 Å². The number of rotatable bonds is 6. The molecule has 2 unspecified atom stereocenters. The van der Waals surface area contributed by atoms with Crippen LogP contribution in [0.25, 0.3) is 0 Å². The number of ether oxygens (including phenoxy) is 1. The van der Waals surface area contributed by atoms with E-state index in [4.69, 9.17) is 15.6 Å². The van der Waals surface area contributed by atoms with Gasteiger partial charge in [-0.3, -0.25) is 9.59 Å². The van der Waals surface area contributed by atoms with Crippen LogP contribution in [0.2, 0.25) is 0 Å². The molecule has 0 aromatic heterocycles. The SMILES string of the molecule is CCCCC(=O)OC(C)C(N)C(=O)O. The number of carbonyl (C=O) groups excluding carboxylic acids is 1. The molecule has 0 bridgehead atoms. The molecule has 14 heavy (non-hydrogen) atoms. The first-order valence-corrected chi connectivity index (χ1v) is 4.67. The predicted molar refractivity (Wildman–Crippen MR) is 50.7 cm³/mol. The highest BCUT2D eigenvalue weighted by Gasteiger charge is 2.22. The third-order valence-electron chi connectivity index (χ3n) is 1.84. The van der Waals surface area contributed by atoms with E-state index in [1.165, 1.54) is 6.92 Å². The van der Waals surface area contributed by atoms with E-state index < -0.39 is 24.1 Å². The third-order valence-corrected chi connectivity index (χ3v) is 1.84. The lowest BCUT2D eigenvalue weighted by Crippen LogP contribution is -2.42. The summed E-state index contributed by atoms with van der Waals surface area (Å²) >= 11 is 0. The lowest BCUT2D eigenvalue weighted by atomic mass is 10.2. The maximum Gasteiger partial charge on any atom is 0.324 e. The van der Waals surface area contributed by atoms with Gasteiger partial charge in [0.05, 0.1) is 0 Å². The van der Waals surface area contributed by atoms with Gasteiger partial charge in [-0.25, -0.2) is 0 Å². The Labute approximate surface area is 83.2 Å². The molecule has 0 aromatic carbocycles. The van der Waals surface area contributed by atoms with E-state index in [0.29, 0.717) is 6.42 Å². The molecule has 0 radical (unpaired) electrons. The Morgan fingerprint density at radius 3 is 2.50 bits per heavy atom. The summed E-state index contributed by atoms with van der Waals surface area (Å²) in [4.78, 5) is 21.5. The maximum absolute atomic E-state index is 11.1. The highest BCUT2D eigenvalue weighted by atomic mass is 16.5. The standard InChI is InChI=1S/C9H17NO4/c1-3-4-5-7(11)14-6(2)8(10)9(12)13/h6,8H,3-5,10H2,1-2H3,(H,12,13). The predicted octanol–water partition coefficient (Wildman–Crippen LogP) is 0.520. The highest BCUT2D eigenvalue weighted by Crippen LogP contribution is 2.02. The quantitative estimate of drug-likeness (QED) is 0.614. The van der Waals surface area contributed by atoms with E-state index in [1.54, 1.807) is 0 Å². The van der Waals surface area contributed by atoms with Crippen LogP contribution >= 0.6 is 0 Å². The molecule has 0 aliphatic rings. The van der Waals surface area contributed by atoms with Crippen molar-refractivity contribution >= 4 is 11.9 Å². The zero-order valence-electron chi connectivity index (χ0n) is 8.53. The molecular weight excluding hydrogens is 186 g/mol. The van der Waals surface area contributed by atoms with Crippen molar-refractivity contribution in [3.63, 3.8) is 0 Å². The fourth-order valence-corrected chi connectivity index (χ4v) is 0.861. The van der Waals surface area contributed by atoms with E-state index in [2.05, 4.69) is 0 Å². The number of unbranched alkanes of at least 4 members (excludes halogenated alkanes) is 1. The second-order valence-corrected chi connectivity index (χ2v) is 3.16. The van der Waals surface area contributed by atoms with Crippen LogP contribution in [-0.2, 0) is 14.3 Å². The summed E-state index contributed by atoms with van der Waals surface area (Å²) in [7, 11) is 0. The Hall–Kier alpha value is -1.10. The summed E-state index contributed by atoms with van der Waals surface area (Å²) in [6.07, 6.45) is 1.17. The molecule has 0 aliphatic carbocycles. The van der Waals surface area contributed by atoms with E-state index in [1.807, 2.05) is 6.92 Å². The summed E-state index contributed by atoms with van der Waals surface area (Å²) in [5.41, 5.74) is 5.26. The Kier molecular flexibility index (Phi) is 5.87. The van der Waals surface area contributed by atoms with Crippen molar-refractivity contribution in [1.29, 1.82) is 0 Å². The van der Waals surface area contributed by atoms with E-state index >= 15 is 0 Å². The lowest BCUT2D eigenvalue weighted by Gasteiger charge is -2.16. The van der Waals surface area contributed by atoms with Gasteiger partial charge >= 0.3 is 11.9 Å². The van der Waals surface area contributed by atoms with Gasteiger partial charge in [-0.15, -0.1) is 0 Å². The molecule has 0 amide bonds. The monoisotopic (exact) mass is 203 g/mol. The molecule has 0 spiro atoms. The second-order valence-electron chi connectivity index (χ2n) is 3.16. The number of carboxylic acid groups (broad SMARTS) is 1. The summed E-state index contributed by atoms with van der Waals surface area (Å²) in [5.74, 6) is -1.56. The minimum absolute atomic E-state index is 0.313. The Bertz CT molecular complexity index is 205. The molecule has 0 rings (SSSR count). The summed E-state index contributed by atoms with van der Waals surface area (Å²) < 4.78 is 4.83. The number of nitrogens with two attached hydrogens (primary N) is 1. The van der Waals surface area contributed by atoms with Gasteiger partial charge in [0.15, 0.2) is 0 Å². The minimum Gasteiger partial charge on any atom is -0.480 e. The van der Waals surface area contributed by atoms with Crippen molar-refractivity contribution in [1.82, 2.24) is 0 Å². The summed E-state index contributed by atoms with van der Waals surface area (Å²) in [6, 6.07) is -1.15. The minimum atomic E-state index is -1.17. The van der Waals surface area contributed by atoms with Crippen LogP contribution < -0.4 is 5.73 Å². The van der Waals surface area contributed by atoms with Gasteiger partial charge in [0.1, 0.15) is 12.1 Å². The van der Waals surface area contributed by atoms with Gasteiger partial charge in [0.25, 0.3) is 0 Å². The highest BCUT2D eigenvalue weighted by molar-refractivity contribution is 5.75. The molecule has 0 heterocycles. The maximum atomic E-state index is 11.1. The zero-order valence-corrected chi connectivity index (χ0v) is 8.53. The summed E-state index contributed by atoms with van der Waals surface area (Å²) in [6.45, 7) is 3.43. The van der Waals surface area contributed by atoms with Crippen LogP contribution in [0.4, 0.5) is 0 Å². The average molecular weight is 203 g/mol. The lowest BCUT2D eigenvalue weighted by molar-refractivity contribution is -0.153. The topological polar surface area (TPSA) is 89.6 Å². The molecule has 3 N–H and O–H groups in total. The van der Waals surface area contributed by atoms with Crippen molar-refractivity contribution in [3.8, 4) is 0 Å². The number of hydrogen-bond donors (Lipinski definition) is 2. The number of esters is 1. The van der Waals surface area contributed by atoms with Crippen LogP contribution in [0.5, 0.6) is 0 Å². The van der Waals surface area contributed by atoms with Gasteiger partial charge in [-0.05, 0) is 13.3 Å². The Balaban J connectivity index is 3.86. The van der Waals surface area contributed by atoms with Crippen LogP contribution in [0.1, 0.15) is 33.1 Å². The zero-order chi connectivity index (χ0) is 11.1. The molecule has 0 aliphatic heterocycles. The number of carboxylic acids is 1. The van der Waals surface area contributed by atoms with Crippen LogP contribution in [-0.4, -0.2) is 29.2 Å². The number of hydrogen-bond acceptors (Lipinski definition) is 4. The van der Waals surface area contributed by atoms with Crippen LogP contribution in [0, 0.1) is 0 Å². The molecule has 82 valence electrons. The van der Waals surface area contributed by atoms with Crippen molar-refractivity contribution in [2.24, 2.45) is 5.73 Å². The van der Waals surface area contributed by atoms with Gasteiger partial charge < -0.3 is 15.6 Å². The molecule has 0 aromatic rings. The van der Waals surface area contributed by atoms with Gasteiger partial charge in [0.2, 0.25) is 0 Å². The largest absolute Gasteiger partial charge is 0.480 e. The first-order chi connectivity index (χ1) is 6.49. The molecule has 2 atom stereocenters. The fourth-order valence-electron chi connectivity index (χ4n) is 0.861. The van der Waals surface area contributed by atoms with E-state index in [-0.39, 0.29) is 0 Å². The van der Waals surface area contributed by atoms with Crippen LogP contribution in [0.15, 0.2) is 0 Å². The van der Waals surface area contributed by atoms with E-state index in [0.717, 1.165) is 12.8 Å². The van der Waals surface area contributed by atoms with Crippen molar-refractivity contribution in [2.45, 2.75) is 45.3 Å². The fraction of sp³-hybridized carbons (Fsp3) is 0.778. The normalized spacial score (nSPS) is 14.5. The molecule has 0 saturated heterocycles. The number of aliphatic carboxylic acids is 1. The molecule has 0 saturated carbocycles. The van der Waals surface area contributed by atoms with Gasteiger partial charge in [0, 0.05) is 6.42 Å². The third kappa shape index (κ3) is 4.81. The van der Waals surface area contributed by atoms with Gasteiger partial charge in [-0.1, -0.05) is 13.3 Å². The van der Waals surface area contributed by atoms with Crippen LogP contribution in [0.3, 0.4) is 0 Å². The average Bonchev–Trinajstić information content (AvgIpc) is 2.13.